The van der Waals surface area contributed by atoms with Gasteiger partial charge in [-0.1, -0.05) is 25.5 Å². The zero-order valence-corrected chi connectivity index (χ0v) is 16.8. The first-order chi connectivity index (χ1) is 12.1. The maximum absolute atomic E-state index is 11.8. The normalized spacial score (nSPS) is 34.8. The molecule has 0 aromatic heterocycles. The molecule has 2 fully saturated rings. The van der Waals surface area contributed by atoms with Gasteiger partial charge in [-0.3, -0.25) is 4.79 Å². The molecule has 0 spiro atoms. The number of carbonyl (C=O) groups is 1. The Hall–Kier alpha value is -1.40. The first kappa shape index (κ1) is 19.4. The van der Waals surface area contributed by atoms with Crippen molar-refractivity contribution in [1.82, 2.24) is 5.32 Å². The van der Waals surface area contributed by atoms with Crippen LogP contribution in [-0.4, -0.2) is 32.2 Å². The Morgan fingerprint density at radius 3 is 2.46 bits per heavy atom. The van der Waals surface area contributed by atoms with Gasteiger partial charge >= 0.3 is 0 Å². The Morgan fingerprint density at radius 1 is 1.23 bits per heavy atom. The minimum Gasteiger partial charge on any atom is -0.370 e. The third kappa shape index (κ3) is 3.96. The smallest absolute Gasteiger partial charge is 0.217 e. The average molecular weight is 380 g/mol. The molecule has 1 aliphatic heterocycles. The molecule has 1 amide bonds. The highest BCUT2D eigenvalue weighted by molar-refractivity contribution is 7.90. The van der Waals surface area contributed by atoms with Gasteiger partial charge in [-0.05, 0) is 43.4 Å². The van der Waals surface area contributed by atoms with Crippen molar-refractivity contribution in [2.75, 3.05) is 6.26 Å². The number of hydrogen-bond acceptors (Lipinski definition) is 4. The molecule has 1 saturated carbocycles. The third-order valence-corrected chi connectivity index (χ3v) is 7.09. The van der Waals surface area contributed by atoms with Crippen LogP contribution in [0.4, 0.5) is 0 Å². The van der Waals surface area contributed by atoms with Crippen LogP contribution in [0.5, 0.6) is 0 Å². The molecular weight excluding hydrogens is 350 g/mol. The second-order valence-corrected chi connectivity index (χ2v) is 10.3. The second-order valence-electron chi connectivity index (χ2n) is 8.33. The molecule has 1 aromatic rings. The number of amides is 1. The van der Waals surface area contributed by atoms with Gasteiger partial charge in [-0.25, -0.2) is 8.42 Å². The molecule has 1 heterocycles. The molecule has 2 aliphatic rings. The number of hydrogen-bond donors (Lipinski definition) is 1. The maximum atomic E-state index is 11.8. The van der Waals surface area contributed by atoms with Gasteiger partial charge in [0, 0.05) is 31.1 Å². The van der Waals surface area contributed by atoms with Crippen LogP contribution in [0.15, 0.2) is 29.2 Å². The lowest BCUT2D eigenvalue weighted by molar-refractivity contribution is -0.153. The van der Waals surface area contributed by atoms with Crippen LogP contribution in [0.1, 0.15) is 58.1 Å². The first-order valence-electron chi connectivity index (χ1n) is 9.33. The molecule has 144 valence electrons. The van der Waals surface area contributed by atoms with Crippen LogP contribution in [0.3, 0.4) is 0 Å². The van der Waals surface area contributed by atoms with E-state index in [1.165, 1.54) is 6.26 Å². The number of benzene rings is 1. The summed E-state index contributed by atoms with van der Waals surface area (Å²) in [6, 6.07) is 6.95. The van der Waals surface area contributed by atoms with Gasteiger partial charge in [0.15, 0.2) is 9.84 Å². The minimum absolute atomic E-state index is 0.0158. The fraction of sp³-hybridized carbons (Fsp3) is 0.650. The Kier molecular flexibility index (Phi) is 5.19. The van der Waals surface area contributed by atoms with E-state index in [1.807, 2.05) is 12.1 Å². The van der Waals surface area contributed by atoms with Gasteiger partial charge in [-0.15, -0.1) is 0 Å². The molecule has 1 N–H and O–H groups in total. The molecule has 1 aliphatic carbocycles. The van der Waals surface area contributed by atoms with Crippen molar-refractivity contribution in [1.29, 1.82) is 0 Å². The minimum atomic E-state index is -3.21. The van der Waals surface area contributed by atoms with Crippen molar-refractivity contribution >= 4 is 15.7 Å². The van der Waals surface area contributed by atoms with Gasteiger partial charge < -0.3 is 10.1 Å². The van der Waals surface area contributed by atoms with Crippen LogP contribution in [0, 0.1) is 11.8 Å². The average Bonchev–Trinajstić information content (AvgIpc) is 2.52. The van der Waals surface area contributed by atoms with Crippen molar-refractivity contribution < 1.29 is 17.9 Å². The van der Waals surface area contributed by atoms with E-state index in [-0.39, 0.29) is 23.7 Å². The van der Waals surface area contributed by atoms with E-state index in [4.69, 9.17) is 4.74 Å². The summed E-state index contributed by atoms with van der Waals surface area (Å²) < 4.78 is 29.8. The number of fused-ring (bicyclic) bond motifs is 1. The molecule has 3 rings (SSSR count). The van der Waals surface area contributed by atoms with Crippen LogP contribution in [-0.2, 0) is 19.4 Å². The van der Waals surface area contributed by atoms with E-state index in [9.17, 15) is 13.2 Å². The number of nitrogens with one attached hydrogen (secondary N) is 1. The van der Waals surface area contributed by atoms with Crippen LogP contribution in [0.25, 0.3) is 0 Å². The van der Waals surface area contributed by atoms with Crippen LogP contribution < -0.4 is 5.32 Å². The topological polar surface area (TPSA) is 72.5 Å². The molecule has 1 aromatic carbocycles. The van der Waals surface area contributed by atoms with Crippen molar-refractivity contribution in [3.8, 4) is 0 Å². The van der Waals surface area contributed by atoms with Gasteiger partial charge in [-0.2, -0.15) is 0 Å². The highest BCUT2D eigenvalue weighted by atomic mass is 32.2. The zero-order chi connectivity index (χ0) is 19.1. The maximum Gasteiger partial charge on any atom is 0.217 e. The van der Waals surface area contributed by atoms with Crippen molar-refractivity contribution in [2.24, 2.45) is 11.8 Å². The predicted octanol–water partition coefficient (Wildman–Crippen LogP) is 3.25. The molecule has 0 radical (unpaired) electrons. The summed E-state index contributed by atoms with van der Waals surface area (Å²) in [4.78, 5) is 12.1. The SMILES string of the molecule is CC(=O)N[C@@]1(C)C[C@H](c2ccc(S(C)(=O)=O)cc2)O[C@@H]2C[C@H](C)CC[C@H]21. The fourth-order valence-electron chi connectivity index (χ4n) is 4.68. The molecule has 0 bridgehead atoms. The summed E-state index contributed by atoms with van der Waals surface area (Å²) in [6.07, 6.45) is 5.09. The van der Waals surface area contributed by atoms with E-state index in [2.05, 4.69) is 19.2 Å². The third-order valence-electron chi connectivity index (χ3n) is 5.96. The summed E-state index contributed by atoms with van der Waals surface area (Å²) in [6.45, 7) is 5.94. The summed E-state index contributed by atoms with van der Waals surface area (Å²) >= 11 is 0. The Labute approximate surface area is 156 Å². The van der Waals surface area contributed by atoms with E-state index < -0.39 is 9.84 Å². The largest absolute Gasteiger partial charge is 0.370 e. The number of sulfone groups is 1. The lowest BCUT2D eigenvalue weighted by Gasteiger charge is -2.52. The van der Waals surface area contributed by atoms with E-state index in [1.54, 1.807) is 19.1 Å². The number of ether oxygens (including phenoxy) is 1. The summed E-state index contributed by atoms with van der Waals surface area (Å²) in [5, 5.41) is 3.19. The summed E-state index contributed by atoms with van der Waals surface area (Å²) in [7, 11) is -3.21. The second kappa shape index (κ2) is 6.97. The lowest BCUT2D eigenvalue weighted by atomic mass is 9.66. The van der Waals surface area contributed by atoms with Crippen LogP contribution >= 0.6 is 0 Å². The predicted molar refractivity (Wildman–Crippen MR) is 101 cm³/mol. The molecule has 1 saturated heterocycles. The highest BCUT2D eigenvalue weighted by Gasteiger charge is 2.49. The monoisotopic (exact) mass is 379 g/mol. The molecule has 5 nitrogen and oxygen atoms in total. The molecule has 26 heavy (non-hydrogen) atoms. The van der Waals surface area contributed by atoms with Crippen LogP contribution in [0.2, 0.25) is 0 Å². The summed E-state index contributed by atoms with van der Waals surface area (Å²) in [5.41, 5.74) is 0.653. The molecule has 0 unspecified atom stereocenters. The van der Waals surface area contributed by atoms with Gasteiger partial charge in [0.1, 0.15) is 0 Å². The van der Waals surface area contributed by atoms with Gasteiger partial charge in [0.05, 0.1) is 17.1 Å². The lowest BCUT2D eigenvalue weighted by Crippen LogP contribution is -2.60. The molecule has 5 atom stereocenters. The van der Waals surface area contributed by atoms with Gasteiger partial charge in [0.2, 0.25) is 5.91 Å². The number of rotatable bonds is 3. The Balaban J connectivity index is 1.89. The number of carbonyl (C=O) groups excluding carboxylic acids is 1. The fourth-order valence-corrected chi connectivity index (χ4v) is 5.31. The standard InChI is InChI=1S/C20H29NO4S/c1-13-5-10-17-18(11-13)25-19(12-20(17,3)21-14(2)22)15-6-8-16(9-7-15)26(4,23)24/h6-9,13,17-19H,5,10-12H2,1-4H3,(H,21,22)/t13-,17-,18-,19-,20+/m1/s1. The molecule has 6 heteroatoms. The Bertz CT molecular complexity index is 774. The summed E-state index contributed by atoms with van der Waals surface area (Å²) in [5.74, 6) is 0.913. The van der Waals surface area contributed by atoms with Crippen molar-refractivity contribution in [3.63, 3.8) is 0 Å². The van der Waals surface area contributed by atoms with Crippen molar-refractivity contribution in [3.05, 3.63) is 29.8 Å². The zero-order valence-electron chi connectivity index (χ0n) is 16.0. The highest BCUT2D eigenvalue weighted by Crippen LogP contribution is 2.47. The van der Waals surface area contributed by atoms with Crippen molar-refractivity contribution in [2.45, 2.75) is 69.1 Å². The Morgan fingerprint density at radius 2 is 1.88 bits per heavy atom. The van der Waals surface area contributed by atoms with E-state index in [0.717, 1.165) is 24.8 Å². The van der Waals surface area contributed by atoms with E-state index in [0.29, 0.717) is 23.2 Å². The first-order valence-corrected chi connectivity index (χ1v) is 11.2. The van der Waals surface area contributed by atoms with E-state index >= 15 is 0 Å². The van der Waals surface area contributed by atoms with Gasteiger partial charge in [0.25, 0.3) is 0 Å². The molecular formula is C20H29NO4S. The quantitative estimate of drug-likeness (QED) is 0.875.